The standard InChI is InChI=1S/C14H15BrN2O2S/c1-10-2-5-12(6-3-10)17-20(18,19)14-7-4-11(9-16)8-13(14)15/h2-8,17H,9,16H2,1H3. The van der Waals surface area contributed by atoms with Crippen LogP contribution in [0.15, 0.2) is 51.8 Å². The molecule has 2 rings (SSSR count). The van der Waals surface area contributed by atoms with Crippen molar-refractivity contribution in [2.45, 2.75) is 18.4 Å². The highest BCUT2D eigenvalue weighted by Gasteiger charge is 2.17. The van der Waals surface area contributed by atoms with E-state index in [1.54, 1.807) is 30.3 Å². The molecule has 0 heterocycles. The lowest BCUT2D eigenvalue weighted by atomic mass is 10.2. The lowest BCUT2D eigenvalue weighted by Gasteiger charge is -2.10. The molecule has 0 saturated carbocycles. The first kappa shape index (κ1) is 15.0. The van der Waals surface area contributed by atoms with E-state index in [1.165, 1.54) is 0 Å². The summed E-state index contributed by atoms with van der Waals surface area (Å²) in [6.45, 7) is 2.31. The van der Waals surface area contributed by atoms with Gasteiger partial charge in [-0.25, -0.2) is 8.42 Å². The summed E-state index contributed by atoms with van der Waals surface area (Å²) in [6.07, 6.45) is 0. The van der Waals surface area contributed by atoms with E-state index in [-0.39, 0.29) is 4.90 Å². The van der Waals surface area contributed by atoms with Crippen molar-refractivity contribution in [3.8, 4) is 0 Å². The summed E-state index contributed by atoms with van der Waals surface area (Å²) in [5, 5.41) is 0. The third-order valence-corrected chi connectivity index (χ3v) is 5.18. The minimum atomic E-state index is -3.62. The van der Waals surface area contributed by atoms with Crippen LogP contribution in [0.3, 0.4) is 0 Å². The van der Waals surface area contributed by atoms with E-state index in [4.69, 9.17) is 5.73 Å². The smallest absolute Gasteiger partial charge is 0.263 e. The van der Waals surface area contributed by atoms with Gasteiger partial charge in [0, 0.05) is 16.7 Å². The minimum absolute atomic E-state index is 0.190. The fraction of sp³-hybridized carbons (Fsp3) is 0.143. The second kappa shape index (κ2) is 5.95. The molecule has 0 aromatic heterocycles. The molecule has 0 unspecified atom stereocenters. The maximum Gasteiger partial charge on any atom is 0.263 e. The zero-order valence-corrected chi connectivity index (χ0v) is 13.3. The molecule has 0 aliphatic heterocycles. The Kier molecular flexibility index (Phi) is 4.47. The number of anilines is 1. The fourth-order valence-electron chi connectivity index (χ4n) is 1.72. The van der Waals surface area contributed by atoms with Gasteiger partial charge < -0.3 is 5.73 Å². The van der Waals surface area contributed by atoms with Crippen molar-refractivity contribution in [3.63, 3.8) is 0 Å². The van der Waals surface area contributed by atoms with Crippen molar-refractivity contribution < 1.29 is 8.42 Å². The molecule has 0 amide bonds. The zero-order chi connectivity index (χ0) is 14.8. The average Bonchev–Trinajstić information content (AvgIpc) is 2.40. The molecule has 0 bridgehead atoms. The Labute approximate surface area is 127 Å². The number of aryl methyl sites for hydroxylation is 1. The highest BCUT2D eigenvalue weighted by atomic mass is 79.9. The number of nitrogens with two attached hydrogens (primary N) is 1. The molecular formula is C14H15BrN2O2S. The summed E-state index contributed by atoms with van der Waals surface area (Å²) in [6, 6.07) is 12.1. The number of hydrogen-bond acceptors (Lipinski definition) is 3. The van der Waals surface area contributed by atoms with Gasteiger partial charge >= 0.3 is 0 Å². The van der Waals surface area contributed by atoms with Crippen molar-refractivity contribution in [2.24, 2.45) is 5.73 Å². The molecule has 0 fully saturated rings. The average molecular weight is 355 g/mol. The summed E-state index contributed by atoms with van der Waals surface area (Å²) in [5.41, 5.74) is 8.00. The Morgan fingerprint density at radius 3 is 2.35 bits per heavy atom. The topological polar surface area (TPSA) is 72.2 Å². The van der Waals surface area contributed by atoms with Crippen molar-refractivity contribution in [2.75, 3.05) is 4.72 Å². The van der Waals surface area contributed by atoms with Crippen molar-refractivity contribution in [1.82, 2.24) is 0 Å². The lowest BCUT2D eigenvalue weighted by molar-refractivity contribution is 0.600. The molecule has 0 spiro atoms. The third-order valence-electron chi connectivity index (χ3n) is 2.83. The molecule has 0 aliphatic carbocycles. The molecule has 0 aliphatic rings. The molecular weight excluding hydrogens is 340 g/mol. The molecule has 20 heavy (non-hydrogen) atoms. The van der Waals surface area contributed by atoms with Crippen LogP contribution in [0.5, 0.6) is 0 Å². The van der Waals surface area contributed by atoms with Crippen molar-refractivity contribution in [1.29, 1.82) is 0 Å². The first-order valence-electron chi connectivity index (χ1n) is 6.00. The summed E-state index contributed by atoms with van der Waals surface area (Å²) in [7, 11) is -3.62. The van der Waals surface area contributed by atoms with Gasteiger partial charge in [0.05, 0.1) is 0 Å². The molecule has 2 aromatic rings. The Hall–Kier alpha value is -1.37. The Bertz CT molecular complexity index is 712. The lowest BCUT2D eigenvalue weighted by Crippen LogP contribution is -2.14. The third kappa shape index (κ3) is 3.39. The second-order valence-corrected chi connectivity index (χ2v) is 6.95. The number of sulfonamides is 1. The summed E-state index contributed by atoms with van der Waals surface area (Å²) < 4.78 is 27.7. The van der Waals surface area contributed by atoms with Crippen LogP contribution in [-0.2, 0) is 16.6 Å². The molecule has 0 saturated heterocycles. The maximum atomic E-state index is 12.3. The van der Waals surface area contributed by atoms with Gasteiger partial charge in [-0.05, 0) is 52.7 Å². The van der Waals surface area contributed by atoms with Gasteiger partial charge in [0.25, 0.3) is 10.0 Å². The molecule has 2 aromatic carbocycles. The monoisotopic (exact) mass is 354 g/mol. The van der Waals surface area contributed by atoms with Crippen LogP contribution in [0, 0.1) is 6.92 Å². The minimum Gasteiger partial charge on any atom is -0.326 e. The molecule has 4 nitrogen and oxygen atoms in total. The maximum absolute atomic E-state index is 12.3. The largest absolute Gasteiger partial charge is 0.326 e. The van der Waals surface area contributed by atoms with Crippen molar-refractivity contribution in [3.05, 3.63) is 58.1 Å². The summed E-state index contributed by atoms with van der Waals surface area (Å²) in [5.74, 6) is 0. The van der Waals surface area contributed by atoms with Gasteiger partial charge in [-0.1, -0.05) is 23.8 Å². The SMILES string of the molecule is Cc1ccc(NS(=O)(=O)c2ccc(CN)cc2Br)cc1. The first-order valence-corrected chi connectivity index (χ1v) is 8.28. The number of nitrogens with one attached hydrogen (secondary N) is 1. The van der Waals surface area contributed by atoms with Crippen LogP contribution in [-0.4, -0.2) is 8.42 Å². The number of halogens is 1. The van der Waals surface area contributed by atoms with Crippen LogP contribution in [0.25, 0.3) is 0 Å². The number of hydrogen-bond donors (Lipinski definition) is 2. The second-order valence-electron chi connectivity index (χ2n) is 4.44. The van der Waals surface area contributed by atoms with Gasteiger partial charge in [0.15, 0.2) is 0 Å². The predicted octanol–water partition coefficient (Wildman–Crippen LogP) is 3.02. The highest BCUT2D eigenvalue weighted by Crippen LogP contribution is 2.25. The van der Waals surface area contributed by atoms with Crippen LogP contribution >= 0.6 is 15.9 Å². The first-order chi connectivity index (χ1) is 9.42. The Morgan fingerprint density at radius 2 is 1.80 bits per heavy atom. The van der Waals surface area contributed by atoms with Crippen LogP contribution in [0.1, 0.15) is 11.1 Å². The highest BCUT2D eigenvalue weighted by molar-refractivity contribution is 9.10. The summed E-state index contributed by atoms with van der Waals surface area (Å²) >= 11 is 3.27. The predicted molar refractivity (Wildman–Crippen MR) is 84.0 cm³/mol. The molecule has 0 atom stereocenters. The summed E-state index contributed by atoms with van der Waals surface area (Å²) in [4.78, 5) is 0.190. The van der Waals surface area contributed by atoms with Gasteiger partial charge in [0.1, 0.15) is 4.90 Å². The van der Waals surface area contributed by atoms with Gasteiger partial charge in [-0.15, -0.1) is 0 Å². The molecule has 106 valence electrons. The molecule has 0 radical (unpaired) electrons. The molecule has 6 heteroatoms. The van der Waals surface area contributed by atoms with Crippen LogP contribution in [0.4, 0.5) is 5.69 Å². The van der Waals surface area contributed by atoms with E-state index in [0.29, 0.717) is 16.7 Å². The molecule has 3 N–H and O–H groups in total. The van der Waals surface area contributed by atoms with Crippen LogP contribution in [0.2, 0.25) is 0 Å². The quantitative estimate of drug-likeness (QED) is 0.886. The van der Waals surface area contributed by atoms with E-state index < -0.39 is 10.0 Å². The van der Waals surface area contributed by atoms with Crippen molar-refractivity contribution >= 4 is 31.6 Å². The van der Waals surface area contributed by atoms with Gasteiger partial charge in [-0.2, -0.15) is 0 Å². The van der Waals surface area contributed by atoms with E-state index in [2.05, 4.69) is 20.7 Å². The van der Waals surface area contributed by atoms with Gasteiger partial charge in [-0.3, -0.25) is 4.72 Å². The van der Waals surface area contributed by atoms with Crippen LogP contribution < -0.4 is 10.5 Å². The van der Waals surface area contributed by atoms with E-state index >= 15 is 0 Å². The van der Waals surface area contributed by atoms with E-state index in [9.17, 15) is 8.42 Å². The number of benzene rings is 2. The zero-order valence-electron chi connectivity index (χ0n) is 10.9. The fourth-order valence-corrected chi connectivity index (χ4v) is 3.91. The van der Waals surface area contributed by atoms with E-state index in [1.807, 2.05) is 19.1 Å². The van der Waals surface area contributed by atoms with E-state index in [0.717, 1.165) is 11.1 Å². The Morgan fingerprint density at radius 1 is 1.15 bits per heavy atom. The number of rotatable bonds is 4. The Balaban J connectivity index is 2.33. The normalized spacial score (nSPS) is 11.3. The van der Waals surface area contributed by atoms with Gasteiger partial charge in [0.2, 0.25) is 0 Å².